The summed E-state index contributed by atoms with van der Waals surface area (Å²) < 4.78 is 10.7. The van der Waals surface area contributed by atoms with Crippen LogP contribution in [0.15, 0.2) is 18.2 Å². The third-order valence-electron chi connectivity index (χ3n) is 5.12. The van der Waals surface area contributed by atoms with Crippen LogP contribution in [0.5, 0.6) is 11.5 Å². The molecule has 2 fully saturated rings. The third kappa shape index (κ3) is 3.95. The average Bonchev–Trinajstić information content (AvgIpc) is 3.03. The number of methoxy groups -OCH3 is 2. The Hall–Kier alpha value is -1.46. The van der Waals surface area contributed by atoms with Crippen molar-refractivity contribution in [2.24, 2.45) is 5.92 Å². The summed E-state index contributed by atoms with van der Waals surface area (Å²) in [6.07, 6.45) is 6.01. The summed E-state index contributed by atoms with van der Waals surface area (Å²) in [6.45, 7) is 0.451. The molecule has 1 aromatic rings. The predicted octanol–water partition coefficient (Wildman–Crippen LogP) is 2.66. The van der Waals surface area contributed by atoms with Crippen LogP contribution in [-0.2, 0) is 11.3 Å². The molecule has 6 heteroatoms. The lowest BCUT2D eigenvalue weighted by Gasteiger charge is -2.24. The van der Waals surface area contributed by atoms with Crippen molar-refractivity contribution in [3.8, 4) is 11.5 Å². The number of halogens is 1. The lowest BCUT2D eigenvalue weighted by Crippen LogP contribution is -2.42. The summed E-state index contributed by atoms with van der Waals surface area (Å²) in [7, 11) is 3.23. The lowest BCUT2D eigenvalue weighted by atomic mass is 9.85. The summed E-state index contributed by atoms with van der Waals surface area (Å²) in [4.78, 5) is 12.5. The molecule has 1 saturated heterocycles. The molecule has 1 aliphatic carbocycles. The van der Waals surface area contributed by atoms with Crippen molar-refractivity contribution in [1.29, 1.82) is 0 Å². The van der Waals surface area contributed by atoms with Crippen molar-refractivity contribution in [3.05, 3.63) is 23.8 Å². The van der Waals surface area contributed by atoms with Gasteiger partial charge in [0.15, 0.2) is 11.5 Å². The SMILES string of the molecule is COc1cccc(CNC(=O)C2CC3CCCCC3N2)c1OC.Cl. The highest BCUT2D eigenvalue weighted by atomic mass is 35.5. The third-order valence-corrected chi connectivity index (χ3v) is 5.12. The van der Waals surface area contributed by atoms with Gasteiger partial charge >= 0.3 is 0 Å². The van der Waals surface area contributed by atoms with Gasteiger partial charge in [0.1, 0.15) is 0 Å². The van der Waals surface area contributed by atoms with E-state index in [0.717, 1.165) is 12.0 Å². The van der Waals surface area contributed by atoms with Crippen LogP contribution in [-0.4, -0.2) is 32.2 Å². The van der Waals surface area contributed by atoms with E-state index in [-0.39, 0.29) is 24.4 Å². The van der Waals surface area contributed by atoms with E-state index in [9.17, 15) is 4.79 Å². The number of nitrogens with one attached hydrogen (secondary N) is 2. The van der Waals surface area contributed by atoms with Gasteiger partial charge in [0.2, 0.25) is 5.91 Å². The molecule has 0 radical (unpaired) electrons. The fourth-order valence-electron chi connectivity index (χ4n) is 3.92. The predicted molar refractivity (Wildman–Crippen MR) is 95.9 cm³/mol. The second-order valence-corrected chi connectivity index (χ2v) is 6.48. The molecule has 3 unspecified atom stereocenters. The topological polar surface area (TPSA) is 59.6 Å². The van der Waals surface area contributed by atoms with E-state index in [1.807, 2.05) is 18.2 Å². The van der Waals surface area contributed by atoms with Crippen molar-refractivity contribution >= 4 is 18.3 Å². The van der Waals surface area contributed by atoms with E-state index >= 15 is 0 Å². The van der Waals surface area contributed by atoms with E-state index in [4.69, 9.17) is 9.47 Å². The molecule has 2 N–H and O–H groups in total. The Morgan fingerprint density at radius 3 is 2.75 bits per heavy atom. The van der Waals surface area contributed by atoms with Crippen LogP contribution >= 0.6 is 12.4 Å². The largest absolute Gasteiger partial charge is 0.493 e. The summed E-state index contributed by atoms with van der Waals surface area (Å²) in [6, 6.07) is 6.19. The molecular formula is C18H27ClN2O3. The minimum absolute atomic E-state index is 0. The lowest BCUT2D eigenvalue weighted by molar-refractivity contribution is -0.123. The monoisotopic (exact) mass is 354 g/mol. The van der Waals surface area contributed by atoms with Crippen molar-refractivity contribution in [3.63, 3.8) is 0 Å². The summed E-state index contributed by atoms with van der Waals surface area (Å²) >= 11 is 0. The minimum atomic E-state index is -0.0558. The van der Waals surface area contributed by atoms with Gasteiger partial charge < -0.3 is 20.1 Å². The van der Waals surface area contributed by atoms with Crippen molar-refractivity contribution in [2.45, 2.75) is 50.7 Å². The number of amides is 1. The van der Waals surface area contributed by atoms with Gasteiger partial charge in [0.25, 0.3) is 0 Å². The van der Waals surface area contributed by atoms with Crippen LogP contribution < -0.4 is 20.1 Å². The molecule has 1 aliphatic heterocycles. The van der Waals surface area contributed by atoms with Gasteiger partial charge in [-0.15, -0.1) is 12.4 Å². The molecule has 1 aromatic carbocycles. The second kappa shape index (κ2) is 8.58. The highest BCUT2D eigenvalue weighted by molar-refractivity contribution is 5.85. The maximum atomic E-state index is 12.5. The molecule has 134 valence electrons. The van der Waals surface area contributed by atoms with Gasteiger partial charge in [-0.1, -0.05) is 25.0 Å². The number of hydrogen-bond donors (Lipinski definition) is 2. The highest BCUT2D eigenvalue weighted by Gasteiger charge is 2.38. The van der Waals surface area contributed by atoms with Crippen molar-refractivity contribution in [1.82, 2.24) is 10.6 Å². The van der Waals surface area contributed by atoms with Gasteiger partial charge in [-0.2, -0.15) is 0 Å². The van der Waals surface area contributed by atoms with E-state index in [2.05, 4.69) is 10.6 Å². The molecule has 1 amide bonds. The van der Waals surface area contributed by atoms with Crippen LogP contribution in [0.25, 0.3) is 0 Å². The van der Waals surface area contributed by atoms with Crippen molar-refractivity contribution in [2.75, 3.05) is 14.2 Å². The van der Waals surface area contributed by atoms with E-state index in [1.54, 1.807) is 14.2 Å². The first kappa shape index (κ1) is 18.9. The number of fused-ring (bicyclic) bond motifs is 1. The first-order valence-electron chi connectivity index (χ1n) is 8.46. The molecular weight excluding hydrogens is 328 g/mol. The smallest absolute Gasteiger partial charge is 0.237 e. The second-order valence-electron chi connectivity index (χ2n) is 6.48. The molecule has 5 nitrogen and oxygen atoms in total. The van der Waals surface area contributed by atoms with Crippen molar-refractivity contribution < 1.29 is 14.3 Å². The Morgan fingerprint density at radius 1 is 1.25 bits per heavy atom. The zero-order valence-electron chi connectivity index (χ0n) is 14.3. The van der Waals surface area contributed by atoms with Crippen LogP contribution in [0.2, 0.25) is 0 Å². The van der Waals surface area contributed by atoms with Crippen LogP contribution in [0.1, 0.15) is 37.7 Å². The molecule has 0 spiro atoms. The summed E-state index contributed by atoms with van der Waals surface area (Å²) in [5.41, 5.74) is 0.926. The molecule has 2 aliphatic rings. The first-order chi connectivity index (χ1) is 11.2. The fourth-order valence-corrected chi connectivity index (χ4v) is 3.92. The Labute approximate surface area is 149 Å². The molecule has 0 aromatic heterocycles. The van der Waals surface area contributed by atoms with Crippen LogP contribution in [0, 0.1) is 5.92 Å². The molecule has 1 saturated carbocycles. The zero-order valence-corrected chi connectivity index (χ0v) is 15.2. The maximum absolute atomic E-state index is 12.5. The molecule has 1 heterocycles. The fraction of sp³-hybridized carbons (Fsp3) is 0.611. The molecule has 3 atom stereocenters. The number of carbonyl (C=O) groups is 1. The standard InChI is InChI=1S/C18H26N2O3.ClH/c1-22-16-9-5-7-13(17(16)23-2)11-19-18(21)15-10-12-6-3-4-8-14(12)20-15;/h5,7,9,12,14-15,20H,3-4,6,8,10-11H2,1-2H3,(H,19,21);1H. The highest BCUT2D eigenvalue weighted by Crippen LogP contribution is 2.33. The minimum Gasteiger partial charge on any atom is -0.493 e. The quantitative estimate of drug-likeness (QED) is 0.853. The number of carbonyl (C=O) groups excluding carboxylic acids is 1. The van der Waals surface area contributed by atoms with Gasteiger partial charge in [0, 0.05) is 18.2 Å². The van der Waals surface area contributed by atoms with E-state index < -0.39 is 0 Å². The van der Waals surface area contributed by atoms with E-state index in [0.29, 0.717) is 30.0 Å². The number of rotatable bonds is 5. The van der Waals surface area contributed by atoms with Gasteiger partial charge in [0.05, 0.1) is 20.3 Å². The van der Waals surface area contributed by atoms with Gasteiger partial charge in [-0.05, 0) is 31.2 Å². The Bertz CT molecular complexity index is 553. The molecule has 24 heavy (non-hydrogen) atoms. The molecule has 3 rings (SSSR count). The number of ether oxygens (including phenoxy) is 2. The summed E-state index contributed by atoms with van der Waals surface area (Å²) in [5, 5.41) is 6.55. The Morgan fingerprint density at radius 2 is 2.04 bits per heavy atom. The van der Waals surface area contributed by atoms with Crippen LogP contribution in [0.3, 0.4) is 0 Å². The first-order valence-corrected chi connectivity index (χ1v) is 8.46. The zero-order chi connectivity index (χ0) is 16.2. The van der Waals surface area contributed by atoms with Gasteiger partial charge in [-0.25, -0.2) is 0 Å². The molecule has 0 bridgehead atoms. The van der Waals surface area contributed by atoms with Crippen LogP contribution in [0.4, 0.5) is 0 Å². The number of para-hydroxylation sites is 1. The number of hydrogen-bond acceptors (Lipinski definition) is 4. The van der Waals surface area contributed by atoms with E-state index in [1.165, 1.54) is 25.7 Å². The van der Waals surface area contributed by atoms with Gasteiger partial charge in [-0.3, -0.25) is 4.79 Å². The summed E-state index contributed by atoms with van der Waals surface area (Å²) in [5.74, 6) is 2.13. The Kier molecular flexibility index (Phi) is 6.75. The maximum Gasteiger partial charge on any atom is 0.237 e. The normalized spacial score (nSPS) is 25.3. The average molecular weight is 355 g/mol. The Balaban J connectivity index is 0.00000208. The number of benzene rings is 1.